The maximum absolute atomic E-state index is 13.6. The average molecular weight is 238 g/mol. The highest BCUT2D eigenvalue weighted by molar-refractivity contribution is 5.95. The van der Waals surface area contributed by atoms with E-state index in [4.69, 9.17) is 5.73 Å². The van der Waals surface area contributed by atoms with Crippen molar-refractivity contribution in [2.24, 2.45) is 11.1 Å². The Morgan fingerprint density at radius 2 is 2.18 bits per heavy atom. The van der Waals surface area contributed by atoms with E-state index in [0.717, 1.165) is 5.56 Å². The van der Waals surface area contributed by atoms with Crippen molar-refractivity contribution >= 4 is 11.6 Å². The minimum absolute atomic E-state index is 0.203. The van der Waals surface area contributed by atoms with Crippen LogP contribution in [-0.4, -0.2) is 12.5 Å². The number of benzene rings is 1. The van der Waals surface area contributed by atoms with Gasteiger partial charge in [-0.25, -0.2) is 4.39 Å². The van der Waals surface area contributed by atoms with Crippen LogP contribution in [0.2, 0.25) is 0 Å². The van der Waals surface area contributed by atoms with E-state index in [1.165, 1.54) is 6.07 Å². The third kappa shape index (κ3) is 3.03. The van der Waals surface area contributed by atoms with Crippen molar-refractivity contribution in [3.8, 4) is 0 Å². The van der Waals surface area contributed by atoms with Gasteiger partial charge in [-0.2, -0.15) is 0 Å². The highest BCUT2D eigenvalue weighted by Crippen LogP contribution is 2.23. The van der Waals surface area contributed by atoms with Gasteiger partial charge in [0.25, 0.3) is 0 Å². The zero-order valence-corrected chi connectivity index (χ0v) is 10.5. The maximum Gasteiger partial charge on any atom is 0.231 e. The Labute approximate surface area is 101 Å². The van der Waals surface area contributed by atoms with Gasteiger partial charge in [0.05, 0.1) is 11.1 Å². The number of hydrogen-bond acceptors (Lipinski definition) is 2. The molecule has 1 unspecified atom stereocenters. The topological polar surface area (TPSA) is 55.1 Å². The molecule has 17 heavy (non-hydrogen) atoms. The van der Waals surface area contributed by atoms with E-state index in [1.807, 2.05) is 6.92 Å². The summed E-state index contributed by atoms with van der Waals surface area (Å²) in [4.78, 5) is 12.0. The molecular formula is C13H19FN2O. The first kappa shape index (κ1) is 13.6. The Morgan fingerprint density at radius 3 is 2.65 bits per heavy atom. The van der Waals surface area contributed by atoms with Crippen molar-refractivity contribution in [3.05, 3.63) is 29.6 Å². The van der Waals surface area contributed by atoms with E-state index in [1.54, 1.807) is 26.0 Å². The van der Waals surface area contributed by atoms with Crippen LogP contribution in [0.5, 0.6) is 0 Å². The van der Waals surface area contributed by atoms with Gasteiger partial charge in [-0.1, -0.05) is 13.0 Å². The molecule has 0 aliphatic rings. The second kappa shape index (κ2) is 5.27. The number of aryl methyl sites for hydroxylation is 1. The molecule has 0 aromatic heterocycles. The standard InChI is InChI=1S/C13H19FN2O/c1-4-13(3,8-15)12(17)16-11-6-5-9(2)7-10(11)14/h5-7H,4,8,15H2,1-3H3,(H,16,17). The predicted molar refractivity (Wildman–Crippen MR) is 67.2 cm³/mol. The number of nitrogens with two attached hydrogens (primary N) is 1. The summed E-state index contributed by atoms with van der Waals surface area (Å²) < 4.78 is 13.6. The highest BCUT2D eigenvalue weighted by Gasteiger charge is 2.30. The van der Waals surface area contributed by atoms with E-state index < -0.39 is 11.2 Å². The fourth-order valence-corrected chi connectivity index (χ4v) is 1.39. The van der Waals surface area contributed by atoms with Crippen LogP contribution in [0.1, 0.15) is 25.8 Å². The second-order valence-corrected chi connectivity index (χ2v) is 4.56. The van der Waals surface area contributed by atoms with Gasteiger partial charge in [-0.3, -0.25) is 4.79 Å². The van der Waals surface area contributed by atoms with Crippen LogP contribution in [0.3, 0.4) is 0 Å². The van der Waals surface area contributed by atoms with Crippen molar-refractivity contribution in [1.82, 2.24) is 0 Å². The summed E-state index contributed by atoms with van der Waals surface area (Å²) >= 11 is 0. The van der Waals surface area contributed by atoms with E-state index in [0.29, 0.717) is 6.42 Å². The van der Waals surface area contributed by atoms with Crippen molar-refractivity contribution in [2.75, 3.05) is 11.9 Å². The minimum Gasteiger partial charge on any atom is -0.329 e. The lowest BCUT2D eigenvalue weighted by molar-refractivity contribution is -0.124. The van der Waals surface area contributed by atoms with Gasteiger partial charge in [0.15, 0.2) is 0 Å². The Hall–Kier alpha value is -1.42. The smallest absolute Gasteiger partial charge is 0.231 e. The summed E-state index contributed by atoms with van der Waals surface area (Å²) in [6.45, 7) is 5.69. The first-order valence-electron chi connectivity index (χ1n) is 5.70. The van der Waals surface area contributed by atoms with Crippen LogP contribution >= 0.6 is 0 Å². The Balaban J connectivity index is 2.88. The number of nitrogens with one attached hydrogen (secondary N) is 1. The molecule has 0 fully saturated rings. The molecule has 4 heteroatoms. The van der Waals surface area contributed by atoms with Crippen molar-refractivity contribution in [3.63, 3.8) is 0 Å². The molecular weight excluding hydrogens is 219 g/mol. The van der Waals surface area contributed by atoms with Gasteiger partial charge < -0.3 is 11.1 Å². The predicted octanol–water partition coefficient (Wildman–Crippen LogP) is 2.45. The van der Waals surface area contributed by atoms with Crippen LogP contribution in [-0.2, 0) is 4.79 Å². The summed E-state index contributed by atoms with van der Waals surface area (Å²) in [5.74, 6) is -0.668. The van der Waals surface area contributed by atoms with Crippen LogP contribution < -0.4 is 11.1 Å². The third-order valence-corrected chi connectivity index (χ3v) is 3.15. The normalized spacial score (nSPS) is 14.2. The lowest BCUT2D eigenvalue weighted by atomic mass is 9.86. The van der Waals surface area contributed by atoms with E-state index in [2.05, 4.69) is 5.32 Å². The molecule has 3 N–H and O–H groups in total. The monoisotopic (exact) mass is 238 g/mol. The molecule has 0 aliphatic heterocycles. The van der Waals surface area contributed by atoms with Crippen molar-refractivity contribution in [2.45, 2.75) is 27.2 Å². The summed E-state index contributed by atoms with van der Waals surface area (Å²) in [6, 6.07) is 4.71. The molecule has 0 saturated heterocycles. The largest absolute Gasteiger partial charge is 0.329 e. The number of amides is 1. The maximum atomic E-state index is 13.6. The van der Waals surface area contributed by atoms with Crippen molar-refractivity contribution in [1.29, 1.82) is 0 Å². The zero-order chi connectivity index (χ0) is 13.1. The molecule has 3 nitrogen and oxygen atoms in total. The molecule has 94 valence electrons. The summed E-state index contributed by atoms with van der Waals surface area (Å²) in [5, 5.41) is 2.59. The number of hydrogen-bond donors (Lipinski definition) is 2. The van der Waals surface area contributed by atoms with E-state index in [-0.39, 0.29) is 18.1 Å². The zero-order valence-electron chi connectivity index (χ0n) is 10.5. The second-order valence-electron chi connectivity index (χ2n) is 4.56. The van der Waals surface area contributed by atoms with E-state index in [9.17, 15) is 9.18 Å². The van der Waals surface area contributed by atoms with Gasteiger partial charge >= 0.3 is 0 Å². The molecule has 1 rings (SSSR count). The van der Waals surface area contributed by atoms with Gasteiger partial charge in [-0.15, -0.1) is 0 Å². The SMILES string of the molecule is CCC(C)(CN)C(=O)Nc1ccc(C)cc1F. The van der Waals surface area contributed by atoms with Gasteiger partial charge in [-0.05, 0) is 38.0 Å². The molecule has 0 radical (unpaired) electrons. The molecule has 1 aromatic rings. The van der Waals surface area contributed by atoms with Crippen LogP contribution in [0.4, 0.5) is 10.1 Å². The average Bonchev–Trinajstić information content (AvgIpc) is 2.31. The minimum atomic E-state index is -0.655. The summed E-state index contributed by atoms with van der Waals surface area (Å²) in [7, 11) is 0. The summed E-state index contributed by atoms with van der Waals surface area (Å²) in [6.07, 6.45) is 0.614. The van der Waals surface area contributed by atoms with Crippen LogP contribution in [0, 0.1) is 18.2 Å². The molecule has 0 saturated carbocycles. The first-order valence-corrected chi connectivity index (χ1v) is 5.70. The number of halogens is 1. The number of carbonyl (C=O) groups is 1. The molecule has 0 bridgehead atoms. The first-order chi connectivity index (χ1) is 7.92. The molecule has 1 amide bonds. The number of rotatable bonds is 4. The molecule has 1 atom stereocenters. The van der Waals surface area contributed by atoms with Crippen LogP contribution in [0.25, 0.3) is 0 Å². The molecule has 0 heterocycles. The number of anilines is 1. The lowest BCUT2D eigenvalue weighted by Gasteiger charge is -2.25. The summed E-state index contributed by atoms with van der Waals surface area (Å²) in [5.41, 5.74) is 5.94. The Kier molecular flexibility index (Phi) is 4.23. The van der Waals surface area contributed by atoms with E-state index >= 15 is 0 Å². The third-order valence-electron chi connectivity index (χ3n) is 3.15. The van der Waals surface area contributed by atoms with Crippen molar-refractivity contribution < 1.29 is 9.18 Å². The molecule has 0 spiro atoms. The fourth-order valence-electron chi connectivity index (χ4n) is 1.39. The fraction of sp³-hybridized carbons (Fsp3) is 0.462. The number of carbonyl (C=O) groups excluding carboxylic acids is 1. The lowest BCUT2D eigenvalue weighted by Crippen LogP contribution is -2.39. The van der Waals surface area contributed by atoms with Gasteiger partial charge in [0.2, 0.25) is 5.91 Å². The molecule has 1 aromatic carbocycles. The highest BCUT2D eigenvalue weighted by atomic mass is 19.1. The molecule has 0 aliphatic carbocycles. The van der Waals surface area contributed by atoms with Gasteiger partial charge in [0, 0.05) is 6.54 Å². The Bertz CT molecular complexity index is 414. The quantitative estimate of drug-likeness (QED) is 0.846. The van der Waals surface area contributed by atoms with Crippen LogP contribution in [0.15, 0.2) is 18.2 Å². The Morgan fingerprint density at radius 1 is 1.53 bits per heavy atom. The van der Waals surface area contributed by atoms with Gasteiger partial charge in [0.1, 0.15) is 5.82 Å².